The van der Waals surface area contributed by atoms with E-state index in [-0.39, 0.29) is 11.8 Å². The monoisotopic (exact) mass is 370 g/mol. The fourth-order valence-corrected chi connectivity index (χ4v) is 3.76. The molecular weight excluding hydrogens is 348 g/mol. The number of benzene rings is 2. The molecule has 0 heterocycles. The van der Waals surface area contributed by atoms with E-state index in [1.54, 1.807) is 32.3 Å². The highest BCUT2D eigenvalue weighted by molar-refractivity contribution is 6.30. The number of hydrogen-bond donors (Lipinski definition) is 1. The molecule has 136 valence electrons. The van der Waals surface area contributed by atoms with E-state index in [9.17, 15) is 9.59 Å². The maximum absolute atomic E-state index is 13.2. The molecule has 1 aliphatic rings. The minimum absolute atomic E-state index is 0.0215. The minimum Gasteiger partial charge on any atom is -0.345 e. The maximum atomic E-state index is 13.2. The third kappa shape index (κ3) is 3.61. The fraction of sp³-hybridized carbons (Fsp3) is 0.333. The van der Waals surface area contributed by atoms with Crippen LogP contribution in [0, 0.1) is 0 Å². The molecule has 1 saturated carbocycles. The molecule has 0 spiro atoms. The van der Waals surface area contributed by atoms with Crippen molar-refractivity contribution in [2.75, 3.05) is 19.4 Å². The van der Waals surface area contributed by atoms with Crippen LogP contribution in [0.15, 0.2) is 48.5 Å². The van der Waals surface area contributed by atoms with E-state index in [2.05, 4.69) is 5.32 Å². The summed E-state index contributed by atoms with van der Waals surface area (Å²) < 4.78 is 0. The molecule has 1 aliphatic carbocycles. The van der Waals surface area contributed by atoms with Gasteiger partial charge in [0.2, 0.25) is 5.91 Å². The molecule has 0 bridgehead atoms. The number of rotatable bonds is 4. The summed E-state index contributed by atoms with van der Waals surface area (Å²) in [6.07, 6.45) is 3.68. The highest BCUT2D eigenvalue weighted by atomic mass is 35.5. The Morgan fingerprint density at radius 3 is 2.31 bits per heavy atom. The van der Waals surface area contributed by atoms with Crippen LogP contribution in [0.3, 0.4) is 0 Å². The zero-order valence-corrected chi connectivity index (χ0v) is 15.8. The van der Waals surface area contributed by atoms with Crippen molar-refractivity contribution in [3.8, 4) is 0 Å². The second kappa shape index (κ2) is 7.50. The highest BCUT2D eigenvalue weighted by Gasteiger charge is 2.42. The van der Waals surface area contributed by atoms with E-state index in [0.717, 1.165) is 31.2 Å². The Hall–Kier alpha value is -2.33. The summed E-state index contributed by atoms with van der Waals surface area (Å²) in [4.78, 5) is 26.9. The Labute approximate surface area is 159 Å². The molecule has 2 amide bonds. The normalized spacial score (nSPS) is 15.5. The number of hydrogen-bond acceptors (Lipinski definition) is 2. The van der Waals surface area contributed by atoms with E-state index < -0.39 is 5.41 Å². The molecule has 0 saturated heterocycles. The Kier molecular flexibility index (Phi) is 5.33. The average Bonchev–Trinajstić information content (AvgIpc) is 3.13. The molecule has 2 aromatic rings. The van der Waals surface area contributed by atoms with Gasteiger partial charge in [-0.3, -0.25) is 9.59 Å². The first-order chi connectivity index (χ1) is 12.4. The van der Waals surface area contributed by atoms with Crippen molar-refractivity contribution in [3.05, 3.63) is 64.7 Å². The summed E-state index contributed by atoms with van der Waals surface area (Å²) in [6.45, 7) is 0. The van der Waals surface area contributed by atoms with E-state index in [1.165, 1.54) is 4.90 Å². The van der Waals surface area contributed by atoms with Crippen LogP contribution in [-0.4, -0.2) is 30.8 Å². The van der Waals surface area contributed by atoms with Gasteiger partial charge in [0.1, 0.15) is 0 Å². The second-order valence-electron chi connectivity index (χ2n) is 7.03. The van der Waals surface area contributed by atoms with Gasteiger partial charge in [0.15, 0.2) is 0 Å². The minimum atomic E-state index is -0.536. The Bertz CT molecular complexity index is 809. The predicted molar refractivity (Wildman–Crippen MR) is 105 cm³/mol. The van der Waals surface area contributed by atoms with Gasteiger partial charge in [0.25, 0.3) is 5.91 Å². The Morgan fingerprint density at radius 2 is 1.69 bits per heavy atom. The summed E-state index contributed by atoms with van der Waals surface area (Å²) in [5, 5.41) is 3.69. The van der Waals surface area contributed by atoms with Crippen LogP contribution in [0.2, 0.25) is 5.02 Å². The lowest BCUT2D eigenvalue weighted by molar-refractivity contribution is -0.121. The molecule has 1 N–H and O–H groups in total. The van der Waals surface area contributed by atoms with Crippen molar-refractivity contribution in [1.82, 2.24) is 4.90 Å². The number of carbonyl (C=O) groups excluding carboxylic acids is 2. The maximum Gasteiger partial charge on any atom is 0.253 e. The van der Waals surface area contributed by atoms with Crippen molar-refractivity contribution < 1.29 is 9.59 Å². The molecule has 0 aliphatic heterocycles. The molecule has 0 radical (unpaired) electrons. The molecule has 5 heteroatoms. The molecule has 3 rings (SSSR count). The van der Waals surface area contributed by atoms with Gasteiger partial charge in [-0.15, -0.1) is 0 Å². The van der Waals surface area contributed by atoms with Crippen LogP contribution in [0.1, 0.15) is 41.6 Å². The Balaban J connectivity index is 1.87. The van der Waals surface area contributed by atoms with Gasteiger partial charge in [-0.2, -0.15) is 0 Å². The van der Waals surface area contributed by atoms with Crippen molar-refractivity contribution in [2.45, 2.75) is 31.1 Å². The zero-order valence-electron chi connectivity index (χ0n) is 15.1. The van der Waals surface area contributed by atoms with Gasteiger partial charge in [0, 0.05) is 30.4 Å². The van der Waals surface area contributed by atoms with Crippen LogP contribution in [-0.2, 0) is 10.2 Å². The van der Waals surface area contributed by atoms with Crippen LogP contribution >= 0.6 is 11.6 Å². The fourth-order valence-electron chi connectivity index (χ4n) is 3.63. The summed E-state index contributed by atoms with van der Waals surface area (Å²) in [7, 11) is 3.42. The lowest BCUT2D eigenvalue weighted by Gasteiger charge is -2.28. The molecule has 1 fully saturated rings. The zero-order chi connectivity index (χ0) is 18.7. The van der Waals surface area contributed by atoms with Crippen molar-refractivity contribution in [2.24, 2.45) is 0 Å². The number of nitrogens with zero attached hydrogens (tertiary/aromatic N) is 1. The van der Waals surface area contributed by atoms with E-state index in [0.29, 0.717) is 16.3 Å². The third-order valence-corrected chi connectivity index (χ3v) is 5.31. The van der Waals surface area contributed by atoms with E-state index in [1.807, 2.05) is 30.3 Å². The largest absolute Gasteiger partial charge is 0.345 e. The first kappa shape index (κ1) is 18.5. The van der Waals surface area contributed by atoms with Crippen LogP contribution in [0.4, 0.5) is 5.69 Å². The van der Waals surface area contributed by atoms with Crippen molar-refractivity contribution in [1.29, 1.82) is 0 Å². The molecule has 0 aromatic heterocycles. The first-order valence-corrected chi connectivity index (χ1v) is 9.19. The summed E-state index contributed by atoms with van der Waals surface area (Å²) in [5.41, 5.74) is 1.66. The lowest BCUT2D eigenvalue weighted by atomic mass is 9.78. The number of nitrogens with one attached hydrogen (secondary N) is 1. The summed E-state index contributed by atoms with van der Waals surface area (Å²) >= 11 is 6.01. The lowest BCUT2D eigenvalue weighted by Crippen LogP contribution is -2.38. The summed E-state index contributed by atoms with van der Waals surface area (Å²) in [5.74, 6) is -0.110. The van der Waals surface area contributed by atoms with Gasteiger partial charge < -0.3 is 10.2 Å². The first-order valence-electron chi connectivity index (χ1n) is 8.82. The molecule has 0 atom stereocenters. The van der Waals surface area contributed by atoms with Gasteiger partial charge in [-0.05, 0) is 48.7 Å². The second-order valence-corrected chi connectivity index (χ2v) is 7.47. The summed E-state index contributed by atoms with van der Waals surface area (Å²) in [6, 6.07) is 14.6. The smallest absolute Gasteiger partial charge is 0.253 e. The number of halogens is 1. The van der Waals surface area contributed by atoms with E-state index in [4.69, 9.17) is 11.6 Å². The quantitative estimate of drug-likeness (QED) is 0.861. The molecule has 0 unspecified atom stereocenters. The van der Waals surface area contributed by atoms with Crippen molar-refractivity contribution in [3.63, 3.8) is 0 Å². The number of anilines is 1. The van der Waals surface area contributed by atoms with Gasteiger partial charge in [-0.25, -0.2) is 0 Å². The van der Waals surface area contributed by atoms with Gasteiger partial charge in [0.05, 0.1) is 5.41 Å². The SMILES string of the molecule is CN(C)C(=O)c1cccc(NC(=O)C2(c3ccc(Cl)cc3)CCCC2)c1. The average molecular weight is 371 g/mol. The number of carbonyl (C=O) groups is 2. The molecule has 2 aromatic carbocycles. The highest BCUT2D eigenvalue weighted by Crippen LogP contribution is 2.42. The molecular formula is C21H23ClN2O2. The number of amides is 2. The topological polar surface area (TPSA) is 49.4 Å². The standard InChI is InChI=1S/C21H23ClN2O2/c1-24(2)19(25)15-6-5-7-18(14-15)23-20(26)21(12-3-4-13-21)16-8-10-17(22)11-9-16/h5-11,14H,3-4,12-13H2,1-2H3,(H,23,26). The van der Waals surface area contributed by atoms with E-state index >= 15 is 0 Å². The predicted octanol–water partition coefficient (Wildman–Crippen LogP) is 4.49. The third-order valence-electron chi connectivity index (χ3n) is 5.06. The van der Waals surface area contributed by atoms with Crippen LogP contribution in [0.5, 0.6) is 0 Å². The van der Waals surface area contributed by atoms with Crippen LogP contribution < -0.4 is 5.32 Å². The Morgan fingerprint density at radius 1 is 1.04 bits per heavy atom. The van der Waals surface area contributed by atoms with Crippen molar-refractivity contribution >= 4 is 29.1 Å². The molecule has 26 heavy (non-hydrogen) atoms. The van der Waals surface area contributed by atoms with Gasteiger partial charge >= 0.3 is 0 Å². The van der Waals surface area contributed by atoms with Gasteiger partial charge in [-0.1, -0.05) is 42.6 Å². The van der Waals surface area contributed by atoms with Crippen LogP contribution in [0.25, 0.3) is 0 Å². The molecule has 4 nitrogen and oxygen atoms in total.